The first-order valence-corrected chi connectivity index (χ1v) is 9.30. The fourth-order valence-electron chi connectivity index (χ4n) is 2.47. The van der Waals surface area contributed by atoms with Gasteiger partial charge < -0.3 is 4.74 Å². The Labute approximate surface area is 152 Å². The molecule has 0 aliphatic rings. The van der Waals surface area contributed by atoms with E-state index in [1.165, 1.54) is 24.8 Å². The summed E-state index contributed by atoms with van der Waals surface area (Å²) in [6.07, 6.45) is 10.2. The molecule has 0 heterocycles. The van der Waals surface area contributed by atoms with Crippen molar-refractivity contribution < 1.29 is 4.74 Å². The number of benzene rings is 2. The van der Waals surface area contributed by atoms with Crippen LogP contribution in [-0.4, -0.2) is 6.61 Å². The van der Waals surface area contributed by atoms with Gasteiger partial charge >= 0.3 is 0 Å². The Kier molecular flexibility index (Phi) is 8.42. The highest BCUT2D eigenvalue weighted by molar-refractivity contribution is 5.44. The van der Waals surface area contributed by atoms with Crippen LogP contribution in [0.5, 0.6) is 5.75 Å². The van der Waals surface area contributed by atoms with Crippen LogP contribution in [0.15, 0.2) is 60.7 Å². The van der Waals surface area contributed by atoms with E-state index in [0.29, 0.717) is 6.61 Å². The first-order valence-electron chi connectivity index (χ1n) is 9.30. The van der Waals surface area contributed by atoms with Gasteiger partial charge in [0.25, 0.3) is 0 Å². The third kappa shape index (κ3) is 7.31. The van der Waals surface area contributed by atoms with E-state index in [0.717, 1.165) is 29.7 Å². The number of aryl methyl sites for hydroxylation is 1. The largest absolute Gasteiger partial charge is 0.490 e. The smallest absolute Gasteiger partial charge is 0.119 e. The van der Waals surface area contributed by atoms with E-state index in [1.807, 2.05) is 24.3 Å². The molecule has 0 aromatic heterocycles. The summed E-state index contributed by atoms with van der Waals surface area (Å²) in [6.45, 7) is 5.03. The molecule has 0 unspecified atom stereocenters. The molecule has 0 saturated carbocycles. The van der Waals surface area contributed by atoms with Crippen molar-refractivity contribution in [2.24, 2.45) is 0 Å². The summed E-state index contributed by atoms with van der Waals surface area (Å²) in [6, 6.07) is 16.5. The standard InChI is InChI=1S/C24H28O/c1-3-5-6-7-8-20-25-24-18-16-23(17-19-24)15-14-22-12-10-21(9-4-2)11-13-22/h7-8,10-13,16-19H,3-6,9,20H2,1-2H3. The van der Waals surface area contributed by atoms with Crippen LogP contribution in [0.2, 0.25) is 0 Å². The molecule has 130 valence electrons. The number of allylic oxidation sites excluding steroid dienone is 1. The number of ether oxygens (including phenoxy) is 1. The van der Waals surface area contributed by atoms with Gasteiger partial charge in [-0.25, -0.2) is 0 Å². The Morgan fingerprint density at radius 2 is 1.44 bits per heavy atom. The monoisotopic (exact) mass is 332 g/mol. The van der Waals surface area contributed by atoms with E-state index >= 15 is 0 Å². The maximum atomic E-state index is 5.71. The minimum absolute atomic E-state index is 0.624. The molecule has 1 nitrogen and oxygen atoms in total. The lowest BCUT2D eigenvalue weighted by molar-refractivity contribution is 0.362. The van der Waals surface area contributed by atoms with Gasteiger partial charge in [0.2, 0.25) is 0 Å². The number of unbranched alkanes of at least 4 members (excludes halogenated alkanes) is 2. The molecule has 0 amide bonds. The lowest BCUT2D eigenvalue weighted by atomic mass is 10.1. The van der Waals surface area contributed by atoms with Gasteiger partial charge in [-0.2, -0.15) is 0 Å². The van der Waals surface area contributed by atoms with Crippen LogP contribution in [0.3, 0.4) is 0 Å². The van der Waals surface area contributed by atoms with Gasteiger partial charge in [-0.1, -0.05) is 69.2 Å². The van der Waals surface area contributed by atoms with E-state index in [1.54, 1.807) is 0 Å². The van der Waals surface area contributed by atoms with E-state index < -0.39 is 0 Å². The van der Waals surface area contributed by atoms with Crippen molar-refractivity contribution in [2.45, 2.75) is 46.0 Å². The van der Waals surface area contributed by atoms with Gasteiger partial charge in [0.15, 0.2) is 0 Å². The molecule has 2 rings (SSSR count). The van der Waals surface area contributed by atoms with Crippen molar-refractivity contribution in [1.29, 1.82) is 0 Å². The predicted octanol–water partition coefficient (Wildman–Crippen LogP) is 6.16. The van der Waals surface area contributed by atoms with E-state index in [-0.39, 0.29) is 0 Å². The zero-order valence-electron chi connectivity index (χ0n) is 15.4. The van der Waals surface area contributed by atoms with Gasteiger partial charge in [-0.3, -0.25) is 0 Å². The topological polar surface area (TPSA) is 9.23 Å². The van der Waals surface area contributed by atoms with Gasteiger partial charge in [-0.15, -0.1) is 0 Å². The van der Waals surface area contributed by atoms with Gasteiger partial charge in [0.1, 0.15) is 12.4 Å². The molecule has 2 aromatic rings. The maximum absolute atomic E-state index is 5.71. The first kappa shape index (κ1) is 18.9. The van der Waals surface area contributed by atoms with E-state index in [9.17, 15) is 0 Å². The zero-order chi connectivity index (χ0) is 17.7. The van der Waals surface area contributed by atoms with Crippen molar-refractivity contribution >= 4 is 0 Å². The molecule has 0 fully saturated rings. The van der Waals surface area contributed by atoms with Crippen molar-refractivity contribution in [2.75, 3.05) is 6.61 Å². The number of rotatable bonds is 8. The Bertz CT molecular complexity index is 697. The summed E-state index contributed by atoms with van der Waals surface area (Å²) in [5.41, 5.74) is 3.43. The Morgan fingerprint density at radius 3 is 2.04 bits per heavy atom. The van der Waals surface area contributed by atoms with Crippen LogP contribution in [-0.2, 0) is 6.42 Å². The molecule has 0 aliphatic carbocycles. The molecule has 0 radical (unpaired) electrons. The molecule has 0 N–H and O–H groups in total. The Balaban J connectivity index is 1.85. The second kappa shape index (κ2) is 11.2. The fourth-order valence-corrected chi connectivity index (χ4v) is 2.47. The SMILES string of the molecule is CCCCC=CCOc1ccc(C#Cc2ccc(CCC)cc2)cc1. The van der Waals surface area contributed by atoms with Crippen molar-refractivity contribution in [3.05, 3.63) is 77.4 Å². The average molecular weight is 332 g/mol. The minimum atomic E-state index is 0.624. The predicted molar refractivity (Wildman–Crippen MR) is 107 cm³/mol. The molecule has 1 heteroatoms. The molecular weight excluding hydrogens is 304 g/mol. The second-order valence-electron chi connectivity index (χ2n) is 6.15. The first-order chi connectivity index (χ1) is 12.3. The molecule has 25 heavy (non-hydrogen) atoms. The third-order valence-electron chi connectivity index (χ3n) is 3.94. The van der Waals surface area contributed by atoms with Crippen LogP contribution in [0.1, 0.15) is 56.2 Å². The summed E-state index contributed by atoms with van der Waals surface area (Å²) >= 11 is 0. The molecule has 0 bridgehead atoms. The van der Waals surface area contributed by atoms with Gasteiger partial charge in [0.05, 0.1) is 0 Å². The molecular formula is C24H28O. The molecule has 0 saturated heterocycles. The normalized spacial score (nSPS) is 10.5. The number of hydrogen-bond acceptors (Lipinski definition) is 1. The molecule has 2 aromatic carbocycles. The summed E-state index contributed by atoms with van der Waals surface area (Å²) in [4.78, 5) is 0. The van der Waals surface area contributed by atoms with Crippen molar-refractivity contribution in [1.82, 2.24) is 0 Å². The number of hydrogen-bond donors (Lipinski definition) is 0. The van der Waals surface area contributed by atoms with Crippen LogP contribution in [0.4, 0.5) is 0 Å². The summed E-state index contributed by atoms with van der Waals surface area (Å²) in [5, 5.41) is 0. The zero-order valence-corrected chi connectivity index (χ0v) is 15.4. The summed E-state index contributed by atoms with van der Waals surface area (Å²) in [5.74, 6) is 7.31. The lowest BCUT2D eigenvalue weighted by Crippen LogP contribution is -1.93. The average Bonchev–Trinajstić information content (AvgIpc) is 2.65. The lowest BCUT2D eigenvalue weighted by Gasteiger charge is -2.02. The van der Waals surface area contributed by atoms with Crippen LogP contribution >= 0.6 is 0 Å². The highest BCUT2D eigenvalue weighted by Gasteiger charge is 1.93. The quantitative estimate of drug-likeness (QED) is 0.319. The highest BCUT2D eigenvalue weighted by Crippen LogP contribution is 2.12. The van der Waals surface area contributed by atoms with Gasteiger partial charge in [0, 0.05) is 11.1 Å². The summed E-state index contributed by atoms with van der Waals surface area (Å²) < 4.78 is 5.71. The van der Waals surface area contributed by atoms with Crippen molar-refractivity contribution in [3.63, 3.8) is 0 Å². The Hall–Kier alpha value is -2.46. The van der Waals surface area contributed by atoms with Crippen LogP contribution in [0.25, 0.3) is 0 Å². The van der Waals surface area contributed by atoms with Crippen LogP contribution < -0.4 is 4.74 Å². The van der Waals surface area contributed by atoms with E-state index in [2.05, 4.69) is 62.1 Å². The minimum Gasteiger partial charge on any atom is -0.490 e. The molecule has 0 atom stereocenters. The van der Waals surface area contributed by atoms with Gasteiger partial charge in [-0.05, 0) is 54.8 Å². The van der Waals surface area contributed by atoms with E-state index in [4.69, 9.17) is 4.74 Å². The fraction of sp³-hybridized carbons (Fsp3) is 0.333. The van der Waals surface area contributed by atoms with Crippen LogP contribution in [0, 0.1) is 11.8 Å². The maximum Gasteiger partial charge on any atom is 0.119 e. The second-order valence-corrected chi connectivity index (χ2v) is 6.15. The molecule has 0 spiro atoms. The Morgan fingerprint density at radius 1 is 0.800 bits per heavy atom. The highest BCUT2D eigenvalue weighted by atomic mass is 16.5. The van der Waals surface area contributed by atoms with Crippen molar-refractivity contribution in [3.8, 4) is 17.6 Å². The molecule has 0 aliphatic heterocycles. The third-order valence-corrected chi connectivity index (χ3v) is 3.94. The summed E-state index contributed by atoms with van der Waals surface area (Å²) in [7, 11) is 0.